The Morgan fingerprint density at radius 2 is 2.06 bits per heavy atom. The van der Waals surface area contributed by atoms with Gasteiger partial charge in [0, 0.05) is 31.1 Å². The Bertz CT molecular complexity index is 1070. The third-order valence-electron chi connectivity index (χ3n) is 6.66. The van der Waals surface area contributed by atoms with Gasteiger partial charge in [0.2, 0.25) is 5.91 Å². The van der Waals surface area contributed by atoms with Crippen LogP contribution >= 0.6 is 0 Å². The van der Waals surface area contributed by atoms with Gasteiger partial charge in [-0.2, -0.15) is 0 Å². The molecule has 3 aliphatic rings. The van der Waals surface area contributed by atoms with Gasteiger partial charge in [0.05, 0.1) is 30.7 Å². The molecule has 160 valence electrons. The van der Waals surface area contributed by atoms with Crippen molar-refractivity contribution < 1.29 is 4.79 Å². The zero-order valence-corrected chi connectivity index (χ0v) is 18.2. The fourth-order valence-corrected chi connectivity index (χ4v) is 4.70. The molecule has 7 nitrogen and oxygen atoms in total. The van der Waals surface area contributed by atoms with Gasteiger partial charge in [0.25, 0.3) is 0 Å². The zero-order valence-electron chi connectivity index (χ0n) is 18.2. The molecule has 0 radical (unpaired) electrons. The Morgan fingerprint density at radius 3 is 2.71 bits per heavy atom. The predicted molar refractivity (Wildman–Crippen MR) is 123 cm³/mol. The van der Waals surface area contributed by atoms with E-state index in [1.807, 2.05) is 4.90 Å². The molecule has 0 fully saturated rings. The van der Waals surface area contributed by atoms with Crippen molar-refractivity contribution in [2.24, 2.45) is 10.9 Å². The molecule has 3 atom stereocenters. The molecule has 0 spiro atoms. The van der Waals surface area contributed by atoms with Crippen LogP contribution < -0.4 is 15.5 Å². The summed E-state index contributed by atoms with van der Waals surface area (Å²) in [4.78, 5) is 27.7. The van der Waals surface area contributed by atoms with Crippen LogP contribution in [-0.2, 0) is 4.79 Å². The van der Waals surface area contributed by atoms with Gasteiger partial charge in [-0.05, 0) is 48.7 Å². The number of aliphatic imine (C=N–C) groups is 1. The first-order valence-corrected chi connectivity index (χ1v) is 11.0. The number of amides is 1. The van der Waals surface area contributed by atoms with E-state index >= 15 is 0 Å². The molecule has 2 unspecified atom stereocenters. The van der Waals surface area contributed by atoms with Crippen LogP contribution in [0.15, 0.2) is 41.7 Å². The van der Waals surface area contributed by atoms with Crippen molar-refractivity contribution in [1.29, 1.82) is 0 Å². The Labute approximate surface area is 182 Å². The summed E-state index contributed by atoms with van der Waals surface area (Å²) in [6, 6.07) is 6.60. The smallest absolute Gasteiger partial charge is 0.224 e. The summed E-state index contributed by atoms with van der Waals surface area (Å²) in [5, 5.41) is 6.98. The molecule has 1 amide bonds. The molecule has 0 aliphatic carbocycles. The summed E-state index contributed by atoms with van der Waals surface area (Å²) in [5.74, 6) is 1.01. The van der Waals surface area contributed by atoms with E-state index < -0.39 is 0 Å². The lowest BCUT2D eigenvalue weighted by Crippen LogP contribution is -2.48. The summed E-state index contributed by atoms with van der Waals surface area (Å²) in [6.07, 6.45) is 6.83. The van der Waals surface area contributed by atoms with E-state index in [-0.39, 0.29) is 23.9 Å². The fourth-order valence-electron chi connectivity index (χ4n) is 4.70. The Kier molecular flexibility index (Phi) is 5.06. The maximum absolute atomic E-state index is 12.5. The van der Waals surface area contributed by atoms with Crippen LogP contribution in [0.1, 0.15) is 50.1 Å². The number of anilines is 2. The van der Waals surface area contributed by atoms with Gasteiger partial charge in [-0.25, -0.2) is 9.97 Å². The number of fused-ring (bicyclic) bond motifs is 1. The highest BCUT2D eigenvalue weighted by atomic mass is 16.2. The molecule has 5 rings (SSSR count). The highest BCUT2D eigenvalue weighted by molar-refractivity contribution is 6.08. The van der Waals surface area contributed by atoms with E-state index in [1.165, 1.54) is 11.1 Å². The van der Waals surface area contributed by atoms with Crippen molar-refractivity contribution in [1.82, 2.24) is 15.3 Å². The molecule has 3 aliphatic heterocycles. The summed E-state index contributed by atoms with van der Waals surface area (Å²) < 4.78 is 0. The summed E-state index contributed by atoms with van der Waals surface area (Å²) in [5.41, 5.74) is 6.56. The molecule has 2 aromatic rings. The molecule has 7 heteroatoms. The first-order chi connectivity index (χ1) is 15.0. The number of hydrogen-bond donors (Lipinski definition) is 2. The second-order valence-electron chi connectivity index (χ2n) is 8.62. The quantitative estimate of drug-likeness (QED) is 0.800. The monoisotopic (exact) mass is 416 g/mol. The van der Waals surface area contributed by atoms with Gasteiger partial charge >= 0.3 is 0 Å². The molecule has 31 heavy (non-hydrogen) atoms. The van der Waals surface area contributed by atoms with Crippen molar-refractivity contribution in [2.45, 2.75) is 39.3 Å². The SMILES string of the molecule is CC(=O)N1c2ccc(C3=CCNCC3)cc2C(Nc2cnc(C3=NC3)cn2)C(C)[C@@H]1C. The number of nitrogens with zero attached hydrogens (tertiary/aromatic N) is 4. The van der Waals surface area contributed by atoms with Crippen molar-refractivity contribution in [3.05, 3.63) is 53.5 Å². The summed E-state index contributed by atoms with van der Waals surface area (Å²) in [7, 11) is 0. The van der Waals surface area contributed by atoms with E-state index in [9.17, 15) is 4.79 Å². The van der Waals surface area contributed by atoms with Crippen LogP contribution in [0.4, 0.5) is 11.5 Å². The second kappa shape index (κ2) is 7.89. The molecule has 0 saturated carbocycles. The zero-order chi connectivity index (χ0) is 21.5. The standard InChI is InChI=1S/C24H28N6O/c1-14-15(2)30(16(3)31)22-5-4-18(17-6-8-25-9-7-17)10-19(22)24(14)29-23-13-27-21(12-28-23)20-11-26-20/h4-6,10,12-15,24-25H,7-9,11H2,1-3H3,(H,28,29)/t14?,15-,24?/m0/s1. The van der Waals surface area contributed by atoms with Crippen molar-refractivity contribution >= 4 is 28.7 Å². The van der Waals surface area contributed by atoms with E-state index in [4.69, 9.17) is 0 Å². The maximum Gasteiger partial charge on any atom is 0.224 e. The minimum Gasteiger partial charge on any atom is -0.362 e. The molecule has 1 aromatic heterocycles. The molecule has 4 heterocycles. The molecule has 2 N–H and O–H groups in total. The highest BCUT2D eigenvalue weighted by Gasteiger charge is 2.38. The van der Waals surface area contributed by atoms with Crippen LogP contribution in [0, 0.1) is 5.92 Å². The topological polar surface area (TPSA) is 82.5 Å². The van der Waals surface area contributed by atoms with Crippen LogP contribution in [0.25, 0.3) is 5.57 Å². The number of rotatable bonds is 4. The van der Waals surface area contributed by atoms with Crippen LogP contribution in [0.2, 0.25) is 0 Å². The van der Waals surface area contributed by atoms with E-state index in [0.29, 0.717) is 0 Å². The van der Waals surface area contributed by atoms with Crippen LogP contribution in [-0.4, -0.2) is 47.3 Å². The first kappa shape index (κ1) is 19.9. The lowest BCUT2D eigenvalue weighted by atomic mass is 9.81. The van der Waals surface area contributed by atoms with E-state index in [1.54, 1.807) is 19.3 Å². The lowest BCUT2D eigenvalue weighted by Gasteiger charge is -2.44. The third-order valence-corrected chi connectivity index (χ3v) is 6.66. The normalized spacial score (nSPS) is 24.7. The minimum atomic E-state index is 0.0290. The number of nitrogens with one attached hydrogen (secondary N) is 2. The molecular formula is C24H28N6O. The second-order valence-corrected chi connectivity index (χ2v) is 8.62. The van der Waals surface area contributed by atoms with Gasteiger partial charge in [0.15, 0.2) is 0 Å². The highest BCUT2D eigenvalue weighted by Crippen LogP contribution is 2.43. The molecule has 0 saturated heterocycles. The van der Waals surface area contributed by atoms with Gasteiger partial charge in [0.1, 0.15) is 11.5 Å². The number of hydrogen-bond acceptors (Lipinski definition) is 6. The number of aromatic nitrogens is 2. The van der Waals surface area contributed by atoms with Gasteiger partial charge < -0.3 is 15.5 Å². The Hall–Kier alpha value is -3.06. The fraction of sp³-hybridized carbons (Fsp3) is 0.417. The molecule has 1 aromatic carbocycles. The summed E-state index contributed by atoms with van der Waals surface area (Å²) >= 11 is 0. The lowest BCUT2D eigenvalue weighted by molar-refractivity contribution is -0.117. The van der Waals surface area contributed by atoms with Crippen molar-refractivity contribution in [3.63, 3.8) is 0 Å². The largest absolute Gasteiger partial charge is 0.362 e. The predicted octanol–water partition coefficient (Wildman–Crippen LogP) is 3.20. The maximum atomic E-state index is 12.5. The molecular weight excluding hydrogens is 388 g/mol. The summed E-state index contributed by atoms with van der Waals surface area (Å²) in [6.45, 7) is 8.61. The third kappa shape index (κ3) is 3.74. The Balaban J connectivity index is 1.53. The van der Waals surface area contributed by atoms with Gasteiger partial charge in [-0.15, -0.1) is 0 Å². The van der Waals surface area contributed by atoms with Crippen molar-refractivity contribution in [3.8, 4) is 0 Å². The minimum absolute atomic E-state index is 0.0290. The van der Waals surface area contributed by atoms with E-state index in [2.05, 4.69) is 63.7 Å². The average molecular weight is 417 g/mol. The average Bonchev–Trinajstić information content (AvgIpc) is 3.63. The number of carbonyl (C=O) groups is 1. The van der Waals surface area contributed by atoms with Gasteiger partial charge in [-0.3, -0.25) is 9.79 Å². The number of benzene rings is 1. The van der Waals surface area contributed by atoms with Crippen LogP contribution in [0.5, 0.6) is 0 Å². The Morgan fingerprint density at radius 1 is 1.23 bits per heavy atom. The first-order valence-electron chi connectivity index (χ1n) is 11.0. The number of carbonyl (C=O) groups excluding carboxylic acids is 1. The van der Waals surface area contributed by atoms with Crippen LogP contribution in [0.3, 0.4) is 0 Å². The van der Waals surface area contributed by atoms with Gasteiger partial charge in [-0.1, -0.05) is 19.1 Å². The molecule has 0 bridgehead atoms. The van der Waals surface area contributed by atoms with E-state index in [0.717, 1.165) is 54.5 Å². The van der Waals surface area contributed by atoms with Crippen molar-refractivity contribution in [2.75, 3.05) is 29.9 Å².